The van der Waals surface area contributed by atoms with E-state index < -0.39 is 5.97 Å². The standard InChI is InChI=1S/C15H20N2O3/c1-20-15(19)13-4-2-3-12(9-13)14(18)17-7-5-11(10-16)6-8-17/h2-4,9,11H,5-8,10,16H2,1H3. The van der Waals surface area contributed by atoms with Gasteiger partial charge in [0, 0.05) is 18.7 Å². The van der Waals surface area contributed by atoms with Gasteiger partial charge in [0.2, 0.25) is 0 Å². The third-order valence-electron chi connectivity index (χ3n) is 3.77. The predicted octanol–water partition coefficient (Wildman–Crippen LogP) is 1.28. The van der Waals surface area contributed by atoms with E-state index in [4.69, 9.17) is 5.73 Å². The molecule has 1 aliphatic rings. The van der Waals surface area contributed by atoms with Crippen LogP contribution < -0.4 is 5.73 Å². The molecule has 5 heteroatoms. The van der Waals surface area contributed by atoms with Crippen molar-refractivity contribution in [2.75, 3.05) is 26.7 Å². The molecule has 1 aromatic carbocycles. The minimum atomic E-state index is -0.429. The van der Waals surface area contributed by atoms with Gasteiger partial charge >= 0.3 is 5.97 Å². The van der Waals surface area contributed by atoms with Crippen molar-refractivity contribution in [3.05, 3.63) is 35.4 Å². The summed E-state index contributed by atoms with van der Waals surface area (Å²) in [5.41, 5.74) is 6.57. The Labute approximate surface area is 118 Å². The number of rotatable bonds is 3. The van der Waals surface area contributed by atoms with Crippen LogP contribution >= 0.6 is 0 Å². The highest BCUT2D eigenvalue weighted by atomic mass is 16.5. The lowest BCUT2D eigenvalue weighted by Gasteiger charge is -2.31. The first-order valence-electron chi connectivity index (χ1n) is 6.83. The van der Waals surface area contributed by atoms with Gasteiger partial charge in [-0.1, -0.05) is 6.07 Å². The number of nitrogens with zero attached hydrogens (tertiary/aromatic N) is 1. The number of esters is 1. The zero-order valence-corrected chi connectivity index (χ0v) is 11.7. The summed E-state index contributed by atoms with van der Waals surface area (Å²) in [6, 6.07) is 6.66. The topological polar surface area (TPSA) is 72.6 Å². The molecule has 1 heterocycles. The number of amides is 1. The molecule has 0 saturated carbocycles. The van der Waals surface area contributed by atoms with Crippen LogP contribution in [0.1, 0.15) is 33.6 Å². The number of carbonyl (C=O) groups excluding carboxylic acids is 2. The Morgan fingerprint density at radius 1 is 1.30 bits per heavy atom. The average molecular weight is 276 g/mol. The molecule has 1 saturated heterocycles. The third kappa shape index (κ3) is 3.17. The minimum Gasteiger partial charge on any atom is -0.465 e. The molecule has 20 heavy (non-hydrogen) atoms. The molecule has 0 unspecified atom stereocenters. The molecular weight excluding hydrogens is 256 g/mol. The van der Waals surface area contributed by atoms with Gasteiger partial charge in [-0.05, 0) is 43.5 Å². The zero-order valence-electron chi connectivity index (χ0n) is 11.7. The van der Waals surface area contributed by atoms with Crippen LogP contribution in [-0.4, -0.2) is 43.5 Å². The summed E-state index contributed by atoms with van der Waals surface area (Å²) in [5.74, 6) is 0.0492. The average Bonchev–Trinajstić information content (AvgIpc) is 2.53. The highest BCUT2D eigenvalue weighted by Crippen LogP contribution is 2.18. The molecule has 1 aliphatic heterocycles. The van der Waals surface area contributed by atoms with E-state index in [0.717, 1.165) is 25.9 Å². The van der Waals surface area contributed by atoms with Crippen LogP contribution in [0.3, 0.4) is 0 Å². The predicted molar refractivity (Wildman–Crippen MR) is 75.5 cm³/mol. The van der Waals surface area contributed by atoms with Gasteiger partial charge in [-0.3, -0.25) is 4.79 Å². The number of ether oxygens (including phenoxy) is 1. The van der Waals surface area contributed by atoms with Crippen LogP contribution in [0.2, 0.25) is 0 Å². The maximum Gasteiger partial charge on any atom is 0.337 e. The van der Waals surface area contributed by atoms with Gasteiger partial charge in [0.1, 0.15) is 0 Å². The van der Waals surface area contributed by atoms with E-state index >= 15 is 0 Å². The minimum absolute atomic E-state index is 0.0359. The Morgan fingerprint density at radius 3 is 2.55 bits per heavy atom. The van der Waals surface area contributed by atoms with E-state index in [0.29, 0.717) is 23.6 Å². The van der Waals surface area contributed by atoms with Gasteiger partial charge in [-0.25, -0.2) is 4.79 Å². The Morgan fingerprint density at radius 2 is 1.95 bits per heavy atom. The normalized spacial score (nSPS) is 16.0. The van der Waals surface area contributed by atoms with E-state index in [1.165, 1.54) is 7.11 Å². The number of hydrogen-bond acceptors (Lipinski definition) is 4. The first-order chi connectivity index (χ1) is 9.65. The molecule has 0 atom stereocenters. The zero-order chi connectivity index (χ0) is 14.5. The Bertz CT molecular complexity index is 494. The summed E-state index contributed by atoms with van der Waals surface area (Å²) in [7, 11) is 1.33. The number of methoxy groups -OCH3 is 1. The fraction of sp³-hybridized carbons (Fsp3) is 0.467. The van der Waals surface area contributed by atoms with Crippen LogP contribution in [0.15, 0.2) is 24.3 Å². The molecule has 108 valence electrons. The van der Waals surface area contributed by atoms with Gasteiger partial charge in [0.05, 0.1) is 12.7 Å². The summed E-state index contributed by atoms with van der Waals surface area (Å²) < 4.78 is 4.67. The molecule has 0 bridgehead atoms. The van der Waals surface area contributed by atoms with Crippen LogP contribution in [0, 0.1) is 5.92 Å². The third-order valence-corrected chi connectivity index (χ3v) is 3.77. The van der Waals surface area contributed by atoms with Crippen LogP contribution in [0.25, 0.3) is 0 Å². The second kappa shape index (κ2) is 6.52. The second-order valence-electron chi connectivity index (χ2n) is 5.04. The fourth-order valence-electron chi connectivity index (χ4n) is 2.45. The summed E-state index contributed by atoms with van der Waals surface area (Å²) in [4.78, 5) is 25.7. The Hall–Kier alpha value is -1.88. The van der Waals surface area contributed by atoms with Crippen molar-refractivity contribution >= 4 is 11.9 Å². The monoisotopic (exact) mass is 276 g/mol. The molecule has 0 aliphatic carbocycles. The summed E-state index contributed by atoms with van der Waals surface area (Å²) in [6.45, 7) is 2.13. The molecule has 0 aromatic heterocycles. The maximum atomic E-state index is 12.4. The maximum absolute atomic E-state index is 12.4. The van der Waals surface area contributed by atoms with Gasteiger partial charge in [-0.15, -0.1) is 0 Å². The van der Waals surface area contributed by atoms with Crippen LogP contribution in [0.4, 0.5) is 0 Å². The number of hydrogen-bond donors (Lipinski definition) is 1. The molecule has 1 aromatic rings. The largest absolute Gasteiger partial charge is 0.465 e. The van der Waals surface area contributed by atoms with E-state index in [9.17, 15) is 9.59 Å². The molecule has 2 rings (SSSR count). The Balaban J connectivity index is 2.08. The quantitative estimate of drug-likeness (QED) is 0.844. The fourth-order valence-corrected chi connectivity index (χ4v) is 2.45. The van der Waals surface area contributed by atoms with Crippen molar-refractivity contribution in [2.24, 2.45) is 11.7 Å². The number of piperidine rings is 1. The molecule has 0 spiro atoms. The Kier molecular flexibility index (Phi) is 4.74. The lowest BCUT2D eigenvalue weighted by atomic mass is 9.96. The number of benzene rings is 1. The molecule has 2 N–H and O–H groups in total. The summed E-state index contributed by atoms with van der Waals surface area (Å²) in [5, 5.41) is 0. The summed E-state index contributed by atoms with van der Waals surface area (Å²) >= 11 is 0. The van der Waals surface area contributed by atoms with Crippen LogP contribution in [0.5, 0.6) is 0 Å². The second-order valence-corrected chi connectivity index (χ2v) is 5.04. The summed E-state index contributed by atoms with van der Waals surface area (Å²) in [6.07, 6.45) is 1.89. The van der Waals surface area contributed by atoms with Crippen molar-refractivity contribution in [1.82, 2.24) is 4.90 Å². The van der Waals surface area contributed by atoms with Crippen LogP contribution in [-0.2, 0) is 4.74 Å². The van der Waals surface area contributed by atoms with E-state index in [1.54, 1.807) is 24.3 Å². The van der Waals surface area contributed by atoms with Gasteiger partial charge in [0.25, 0.3) is 5.91 Å². The van der Waals surface area contributed by atoms with Crippen molar-refractivity contribution < 1.29 is 14.3 Å². The lowest BCUT2D eigenvalue weighted by molar-refractivity contribution is 0.0600. The van der Waals surface area contributed by atoms with Gasteiger partial charge in [-0.2, -0.15) is 0 Å². The number of likely N-dealkylation sites (tertiary alicyclic amines) is 1. The highest BCUT2D eigenvalue weighted by molar-refractivity contribution is 5.97. The first kappa shape index (κ1) is 14.5. The van der Waals surface area contributed by atoms with Gasteiger partial charge < -0.3 is 15.4 Å². The SMILES string of the molecule is COC(=O)c1cccc(C(=O)N2CCC(CN)CC2)c1. The lowest BCUT2D eigenvalue weighted by Crippen LogP contribution is -2.40. The smallest absolute Gasteiger partial charge is 0.337 e. The molecule has 1 amide bonds. The molecular formula is C15H20N2O3. The highest BCUT2D eigenvalue weighted by Gasteiger charge is 2.23. The number of nitrogens with two attached hydrogens (primary N) is 1. The van der Waals surface area contributed by atoms with Gasteiger partial charge in [0.15, 0.2) is 0 Å². The molecule has 1 fully saturated rings. The molecule has 0 radical (unpaired) electrons. The van der Waals surface area contributed by atoms with E-state index in [-0.39, 0.29) is 5.91 Å². The van der Waals surface area contributed by atoms with Crippen molar-refractivity contribution in [3.8, 4) is 0 Å². The van der Waals surface area contributed by atoms with Crippen molar-refractivity contribution in [1.29, 1.82) is 0 Å². The van der Waals surface area contributed by atoms with E-state index in [2.05, 4.69) is 4.74 Å². The van der Waals surface area contributed by atoms with Crippen molar-refractivity contribution in [2.45, 2.75) is 12.8 Å². The van der Waals surface area contributed by atoms with E-state index in [1.807, 2.05) is 4.90 Å². The first-order valence-corrected chi connectivity index (χ1v) is 6.83. The number of carbonyl (C=O) groups is 2. The van der Waals surface area contributed by atoms with Crippen molar-refractivity contribution in [3.63, 3.8) is 0 Å². The molecule has 5 nitrogen and oxygen atoms in total.